The van der Waals surface area contributed by atoms with E-state index in [1.807, 2.05) is 30.3 Å². The Morgan fingerprint density at radius 3 is 2.06 bits per heavy atom. The van der Waals surface area contributed by atoms with Gasteiger partial charge in [-0.2, -0.15) is 0 Å². The van der Waals surface area contributed by atoms with Crippen molar-refractivity contribution >= 4 is 26.8 Å². The van der Waals surface area contributed by atoms with Crippen LogP contribution in [0.4, 0.5) is 5.82 Å². The highest BCUT2D eigenvalue weighted by Gasteiger charge is 2.28. The summed E-state index contributed by atoms with van der Waals surface area (Å²) in [5, 5.41) is 4.27. The van der Waals surface area contributed by atoms with Gasteiger partial charge >= 0.3 is 0 Å². The summed E-state index contributed by atoms with van der Waals surface area (Å²) in [5.74, 6) is 0.689. The van der Waals surface area contributed by atoms with Crippen LogP contribution in [-0.4, -0.2) is 34.9 Å². The van der Waals surface area contributed by atoms with Crippen molar-refractivity contribution in [2.75, 3.05) is 26.1 Å². The van der Waals surface area contributed by atoms with Gasteiger partial charge in [-0.15, -0.1) is 0 Å². The number of rotatable bonds is 7. The van der Waals surface area contributed by atoms with Gasteiger partial charge in [0.1, 0.15) is 22.6 Å². The summed E-state index contributed by atoms with van der Waals surface area (Å²) < 4.78 is 50.6. The third-order valence-electron chi connectivity index (χ3n) is 4.75. The number of fused-ring (bicyclic) bond motifs is 1. The molecule has 0 spiro atoms. The van der Waals surface area contributed by atoms with Gasteiger partial charge in [-0.1, -0.05) is 41.6 Å². The molecule has 0 saturated heterocycles. The Balaban J connectivity index is 1.83. The minimum absolute atomic E-state index is 0.00342. The second-order valence-electron chi connectivity index (χ2n) is 6.55. The Labute approximate surface area is 179 Å². The lowest BCUT2D eigenvalue weighted by Crippen LogP contribution is -2.16. The molecule has 160 valence electrons. The van der Waals surface area contributed by atoms with Crippen molar-refractivity contribution < 1.29 is 27.2 Å². The van der Waals surface area contributed by atoms with Gasteiger partial charge in [0.05, 0.1) is 21.3 Å². The molecule has 9 heteroatoms. The van der Waals surface area contributed by atoms with Crippen LogP contribution < -0.4 is 18.9 Å². The molecule has 0 aliphatic heterocycles. The second kappa shape index (κ2) is 8.19. The lowest BCUT2D eigenvalue weighted by molar-refractivity contribution is 0.374. The first-order chi connectivity index (χ1) is 15.0. The van der Waals surface area contributed by atoms with Gasteiger partial charge in [-0.25, -0.2) is 8.42 Å². The van der Waals surface area contributed by atoms with Crippen LogP contribution >= 0.6 is 0 Å². The number of sulfonamides is 1. The Morgan fingerprint density at radius 1 is 0.806 bits per heavy atom. The van der Waals surface area contributed by atoms with Crippen molar-refractivity contribution in [1.82, 2.24) is 5.16 Å². The molecule has 1 aromatic heterocycles. The van der Waals surface area contributed by atoms with E-state index in [1.54, 1.807) is 30.3 Å². The summed E-state index contributed by atoms with van der Waals surface area (Å²) >= 11 is 0. The van der Waals surface area contributed by atoms with Crippen molar-refractivity contribution in [2.45, 2.75) is 4.90 Å². The third kappa shape index (κ3) is 3.75. The van der Waals surface area contributed by atoms with Crippen molar-refractivity contribution in [1.29, 1.82) is 0 Å². The summed E-state index contributed by atoms with van der Waals surface area (Å²) in [7, 11) is 0.118. The molecular formula is C22H20N2O6S. The molecule has 0 atom stereocenters. The highest BCUT2D eigenvalue weighted by molar-refractivity contribution is 7.93. The number of ether oxygens (including phenoxy) is 3. The highest BCUT2D eigenvalue weighted by atomic mass is 32.2. The first-order valence-electron chi connectivity index (χ1n) is 9.25. The van der Waals surface area contributed by atoms with Crippen molar-refractivity contribution in [3.05, 3.63) is 60.7 Å². The maximum absolute atomic E-state index is 13.4. The summed E-state index contributed by atoms with van der Waals surface area (Å²) in [6, 6.07) is 17.9. The molecule has 0 fully saturated rings. The average molecular weight is 440 g/mol. The van der Waals surface area contributed by atoms with Crippen molar-refractivity contribution in [3.8, 4) is 28.4 Å². The van der Waals surface area contributed by atoms with E-state index in [2.05, 4.69) is 9.88 Å². The lowest BCUT2D eigenvalue weighted by atomic mass is 10.1. The molecule has 31 heavy (non-hydrogen) atoms. The summed E-state index contributed by atoms with van der Waals surface area (Å²) in [6.07, 6.45) is 0. The monoisotopic (exact) mass is 440 g/mol. The predicted molar refractivity (Wildman–Crippen MR) is 116 cm³/mol. The zero-order valence-corrected chi connectivity index (χ0v) is 17.9. The molecule has 0 aliphatic carbocycles. The van der Waals surface area contributed by atoms with Gasteiger partial charge in [-0.3, -0.25) is 4.72 Å². The van der Waals surface area contributed by atoms with Crippen LogP contribution in [0.2, 0.25) is 0 Å². The number of hydrogen-bond acceptors (Lipinski definition) is 7. The van der Waals surface area contributed by atoms with E-state index in [4.69, 9.17) is 18.7 Å². The fraction of sp³-hybridized carbons (Fsp3) is 0.136. The van der Waals surface area contributed by atoms with Gasteiger partial charge in [0, 0.05) is 0 Å². The third-order valence-corrected chi connectivity index (χ3v) is 6.15. The Morgan fingerprint density at radius 2 is 1.45 bits per heavy atom. The second-order valence-corrected chi connectivity index (χ2v) is 8.17. The van der Waals surface area contributed by atoms with Gasteiger partial charge in [-0.05, 0) is 35.4 Å². The predicted octanol–water partition coefficient (Wildman–Crippen LogP) is 4.32. The van der Waals surface area contributed by atoms with E-state index >= 15 is 0 Å². The number of hydrogen-bond donors (Lipinski definition) is 1. The van der Waals surface area contributed by atoms with Crippen molar-refractivity contribution in [2.24, 2.45) is 0 Å². The largest absolute Gasteiger partial charge is 0.496 e. The quantitative estimate of drug-likeness (QED) is 0.457. The molecule has 0 saturated carbocycles. The van der Waals surface area contributed by atoms with Crippen LogP contribution in [0.3, 0.4) is 0 Å². The molecule has 0 amide bonds. The molecule has 8 nitrogen and oxygen atoms in total. The number of nitrogens with one attached hydrogen (secondary N) is 1. The Kier molecular flexibility index (Phi) is 5.43. The fourth-order valence-electron chi connectivity index (χ4n) is 3.32. The average Bonchev–Trinajstić information content (AvgIpc) is 3.20. The zero-order chi connectivity index (χ0) is 22.0. The van der Waals surface area contributed by atoms with E-state index < -0.39 is 10.0 Å². The number of nitrogens with zero attached hydrogens (tertiary/aromatic N) is 1. The normalized spacial score (nSPS) is 11.3. The minimum Gasteiger partial charge on any atom is -0.496 e. The maximum Gasteiger partial charge on any atom is 0.270 e. The SMILES string of the molecule is COc1cc(-c2ccccc2)cc(OC)c1S(=O)(=O)Nc1noc2cccc(OC)c12. The molecule has 1 heterocycles. The fourth-order valence-corrected chi connectivity index (χ4v) is 4.63. The lowest BCUT2D eigenvalue weighted by Gasteiger charge is -2.16. The van der Waals surface area contributed by atoms with E-state index in [1.165, 1.54) is 21.3 Å². The van der Waals surface area contributed by atoms with Gasteiger partial charge < -0.3 is 18.7 Å². The summed E-state index contributed by atoms with van der Waals surface area (Å²) in [4.78, 5) is -0.150. The first kappa shape index (κ1) is 20.5. The van der Waals surface area contributed by atoms with Crippen LogP contribution in [0, 0.1) is 0 Å². The van der Waals surface area contributed by atoms with E-state index in [9.17, 15) is 8.42 Å². The number of anilines is 1. The zero-order valence-electron chi connectivity index (χ0n) is 17.1. The molecular weight excluding hydrogens is 420 g/mol. The standard InChI is InChI=1S/C22H20N2O6S/c1-27-16-10-7-11-17-20(16)22(23-30-17)24-31(25,26)21-18(28-2)12-15(13-19(21)29-3)14-8-5-4-6-9-14/h4-13H,1-3H3,(H,23,24). The molecule has 0 aliphatic rings. The van der Waals surface area contributed by atoms with Crippen molar-refractivity contribution in [3.63, 3.8) is 0 Å². The number of aromatic nitrogens is 1. The van der Waals surface area contributed by atoms with Crippen LogP contribution in [0.25, 0.3) is 22.1 Å². The number of benzene rings is 3. The molecule has 4 rings (SSSR count). The van der Waals surface area contributed by atoms with Gasteiger partial charge in [0.15, 0.2) is 16.3 Å². The van der Waals surface area contributed by atoms with Crippen LogP contribution in [-0.2, 0) is 10.0 Å². The summed E-state index contributed by atoms with van der Waals surface area (Å²) in [6.45, 7) is 0. The number of methoxy groups -OCH3 is 3. The Bertz CT molecular complexity index is 1310. The molecule has 0 radical (unpaired) electrons. The highest BCUT2D eigenvalue weighted by Crippen LogP contribution is 2.40. The smallest absolute Gasteiger partial charge is 0.270 e. The van der Waals surface area contributed by atoms with Gasteiger partial charge in [0.25, 0.3) is 10.0 Å². The van der Waals surface area contributed by atoms with E-state index in [-0.39, 0.29) is 22.2 Å². The van der Waals surface area contributed by atoms with Crippen LogP contribution in [0.15, 0.2) is 70.1 Å². The minimum atomic E-state index is -4.16. The molecule has 3 aromatic carbocycles. The molecule has 1 N–H and O–H groups in total. The van der Waals surface area contributed by atoms with Crippen LogP contribution in [0.5, 0.6) is 17.2 Å². The maximum atomic E-state index is 13.4. The first-order valence-corrected chi connectivity index (χ1v) is 10.7. The van der Waals surface area contributed by atoms with Gasteiger partial charge in [0.2, 0.25) is 0 Å². The Hall–Kier alpha value is -3.72. The molecule has 0 unspecified atom stereocenters. The summed E-state index contributed by atoms with van der Waals surface area (Å²) in [5.41, 5.74) is 2.03. The topological polar surface area (TPSA) is 99.9 Å². The van der Waals surface area contributed by atoms with Crippen LogP contribution in [0.1, 0.15) is 0 Å². The molecule has 4 aromatic rings. The van der Waals surface area contributed by atoms with E-state index in [0.29, 0.717) is 16.7 Å². The van der Waals surface area contributed by atoms with E-state index in [0.717, 1.165) is 11.1 Å². The molecule has 0 bridgehead atoms.